The number of cyclic esters (lactones) is 1. The lowest BCUT2D eigenvalue weighted by molar-refractivity contribution is -0.184. The van der Waals surface area contributed by atoms with Crippen molar-refractivity contribution in [3.63, 3.8) is 0 Å². The summed E-state index contributed by atoms with van der Waals surface area (Å²) in [6, 6.07) is 7.13. The predicted octanol–water partition coefficient (Wildman–Crippen LogP) is 3.04. The molecule has 3 atom stereocenters. The van der Waals surface area contributed by atoms with Crippen molar-refractivity contribution in [2.75, 3.05) is 24.5 Å². The number of carbonyl (C=O) groups excluding carboxylic acids is 3. The third kappa shape index (κ3) is 3.58. The molecule has 1 aliphatic carbocycles. The predicted molar refractivity (Wildman–Crippen MR) is 96.4 cm³/mol. The van der Waals surface area contributed by atoms with E-state index in [0.717, 1.165) is 16.9 Å². The van der Waals surface area contributed by atoms with Crippen LogP contribution in [0, 0.1) is 5.92 Å². The number of halogens is 3. The summed E-state index contributed by atoms with van der Waals surface area (Å²) in [7, 11) is 0. The highest BCUT2D eigenvalue weighted by atomic mass is 19.4. The van der Waals surface area contributed by atoms with Crippen LogP contribution >= 0.6 is 0 Å². The van der Waals surface area contributed by atoms with Crippen molar-refractivity contribution in [2.24, 2.45) is 5.92 Å². The van der Waals surface area contributed by atoms with Gasteiger partial charge in [0.15, 0.2) is 0 Å². The van der Waals surface area contributed by atoms with Crippen molar-refractivity contribution in [1.82, 2.24) is 4.90 Å². The number of Topliss-reactive ketones (excluding diaryl/α,β-unsaturated/α-hetero) is 1. The highest BCUT2D eigenvalue weighted by Crippen LogP contribution is 2.59. The molecule has 6 nitrogen and oxygen atoms in total. The Morgan fingerprint density at radius 2 is 1.90 bits per heavy atom. The first-order chi connectivity index (χ1) is 13.6. The summed E-state index contributed by atoms with van der Waals surface area (Å²) in [5.74, 6) is -1.71. The molecule has 2 amide bonds. The van der Waals surface area contributed by atoms with Gasteiger partial charge in [-0.25, -0.2) is 4.79 Å². The molecule has 1 saturated carbocycles. The van der Waals surface area contributed by atoms with Crippen LogP contribution in [0.5, 0.6) is 0 Å². The Hall–Kier alpha value is -2.58. The average molecular weight is 410 g/mol. The number of rotatable bonds is 5. The van der Waals surface area contributed by atoms with Gasteiger partial charge in [0, 0.05) is 30.6 Å². The van der Waals surface area contributed by atoms with Crippen LogP contribution in [0.1, 0.15) is 31.7 Å². The van der Waals surface area contributed by atoms with Gasteiger partial charge in [0.2, 0.25) is 0 Å². The van der Waals surface area contributed by atoms with Gasteiger partial charge in [-0.15, -0.1) is 0 Å². The number of ether oxygens (including phenoxy) is 1. The van der Waals surface area contributed by atoms with Crippen LogP contribution in [0.25, 0.3) is 0 Å². The van der Waals surface area contributed by atoms with Gasteiger partial charge >= 0.3 is 18.2 Å². The lowest BCUT2D eigenvalue weighted by Crippen LogP contribution is -2.41. The van der Waals surface area contributed by atoms with E-state index < -0.39 is 23.6 Å². The highest BCUT2D eigenvalue weighted by molar-refractivity contribution is 5.90. The number of alkyl halides is 3. The monoisotopic (exact) mass is 410 g/mol. The van der Waals surface area contributed by atoms with Gasteiger partial charge in [-0.3, -0.25) is 9.69 Å². The number of hydrogen-bond acceptors (Lipinski definition) is 4. The molecule has 2 saturated heterocycles. The number of benzene rings is 1. The van der Waals surface area contributed by atoms with Gasteiger partial charge in [-0.2, -0.15) is 13.2 Å². The van der Waals surface area contributed by atoms with E-state index in [1.807, 2.05) is 12.1 Å². The maximum absolute atomic E-state index is 12.7. The minimum atomic E-state index is -4.85. The fourth-order valence-electron chi connectivity index (χ4n) is 4.48. The zero-order chi connectivity index (χ0) is 21.0. The van der Waals surface area contributed by atoms with Crippen LogP contribution in [0.15, 0.2) is 24.3 Å². The quantitative estimate of drug-likeness (QED) is 0.749. The largest absolute Gasteiger partial charge is 0.471 e. The Morgan fingerprint density at radius 3 is 2.52 bits per heavy atom. The maximum atomic E-state index is 12.7. The average Bonchev–Trinajstić information content (AvgIpc) is 3.03. The Morgan fingerprint density at radius 1 is 1.21 bits per heavy atom. The van der Waals surface area contributed by atoms with Gasteiger partial charge in [0.25, 0.3) is 0 Å². The standard InChI is InChI=1S/C20H21F3N2O4/c1-12(26)2-7-16-10-25(18(28)29-16)15-5-3-13(4-6-15)19-8-14(19)9-24(11-19)17(27)20(21,22)23/h3-6,14,16H,2,7-11H2,1H3/t14?,16-,19?/m0/s1. The molecule has 3 aliphatic rings. The molecule has 1 aromatic carbocycles. The van der Waals surface area contributed by atoms with Crippen LogP contribution in [0.2, 0.25) is 0 Å². The van der Waals surface area contributed by atoms with Crippen LogP contribution in [-0.4, -0.2) is 54.6 Å². The summed E-state index contributed by atoms with van der Waals surface area (Å²) in [5.41, 5.74) is 1.10. The molecule has 9 heteroatoms. The smallest absolute Gasteiger partial charge is 0.444 e. The first-order valence-electron chi connectivity index (χ1n) is 9.54. The molecule has 2 heterocycles. The zero-order valence-corrected chi connectivity index (χ0v) is 15.9. The van der Waals surface area contributed by atoms with E-state index in [4.69, 9.17) is 4.74 Å². The van der Waals surface area contributed by atoms with Crippen LogP contribution in [0.4, 0.5) is 23.7 Å². The molecule has 0 bridgehead atoms. The van der Waals surface area contributed by atoms with E-state index in [-0.39, 0.29) is 30.9 Å². The molecular weight excluding hydrogens is 389 g/mol. The fourth-order valence-corrected chi connectivity index (χ4v) is 4.48. The topological polar surface area (TPSA) is 66.9 Å². The van der Waals surface area contributed by atoms with Crippen molar-refractivity contribution < 1.29 is 32.3 Å². The Balaban J connectivity index is 1.42. The van der Waals surface area contributed by atoms with Crippen molar-refractivity contribution in [1.29, 1.82) is 0 Å². The molecule has 156 valence electrons. The van der Waals surface area contributed by atoms with Crippen molar-refractivity contribution in [3.8, 4) is 0 Å². The molecule has 4 rings (SSSR count). The Bertz CT molecular complexity index is 854. The van der Waals surface area contributed by atoms with E-state index in [1.54, 1.807) is 12.1 Å². The lowest BCUT2D eigenvalue weighted by atomic mass is 9.94. The molecule has 0 spiro atoms. The van der Waals surface area contributed by atoms with Crippen LogP contribution in [-0.2, 0) is 19.7 Å². The number of ketones is 1. The number of fused-ring (bicyclic) bond motifs is 1. The van der Waals surface area contributed by atoms with Crippen molar-refractivity contribution >= 4 is 23.5 Å². The highest BCUT2D eigenvalue weighted by Gasteiger charge is 2.63. The van der Waals surface area contributed by atoms with Gasteiger partial charge in [0.1, 0.15) is 11.9 Å². The molecular formula is C20H21F3N2O4. The summed E-state index contributed by atoms with van der Waals surface area (Å²) >= 11 is 0. The second-order valence-corrected chi connectivity index (χ2v) is 8.14. The summed E-state index contributed by atoms with van der Waals surface area (Å²) in [6.45, 7) is 2.03. The zero-order valence-electron chi connectivity index (χ0n) is 15.9. The van der Waals surface area contributed by atoms with Gasteiger partial charge in [-0.1, -0.05) is 12.1 Å². The van der Waals surface area contributed by atoms with Gasteiger partial charge < -0.3 is 14.4 Å². The number of piperidine rings is 1. The van der Waals surface area contributed by atoms with Gasteiger partial charge in [0.05, 0.1) is 6.54 Å². The van der Waals surface area contributed by atoms with E-state index >= 15 is 0 Å². The van der Waals surface area contributed by atoms with Crippen molar-refractivity contribution in [3.05, 3.63) is 29.8 Å². The minimum absolute atomic E-state index is 0.0346. The van der Waals surface area contributed by atoms with Crippen molar-refractivity contribution in [2.45, 2.75) is 43.9 Å². The lowest BCUT2D eigenvalue weighted by Gasteiger charge is -2.22. The Labute approximate surface area is 165 Å². The van der Waals surface area contributed by atoms with E-state index in [1.165, 1.54) is 11.8 Å². The third-order valence-corrected chi connectivity index (χ3v) is 6.12. The molecule has 2 unspecified atom stereocenters. The van der Waals surface area contributed by atoms with E-state index in [9.17, 15) is 27.6 Å². The second-order valence-electron chi connectivity index (χ2n) is 8.14. The summed E-state index contributed by atoms with van der Waals surface area (Å²) in [4.78, 5) is 37.1. The number of nitrogens with zero attached hydrogens (tertiary/aromatic N) is 2. The Kier molecular flexibility index (Phi) is 4.59. The molecule has 1 aromatic rings. The maximum Gasteiger partial charge on any atom is 0.471 e. The van der Waals surface area contributed by atoms with Crippen LogP contribution in [0.3, 0.4) is 0 Å². The molecule has 0 aromatic heterocycles. The minimum Gasteiger partial charge on any atom is -0.444 e. The number of hydrogen-bond donors (Lipinski definition) is 0. The number of carbonyl (C=O) groups is 3. The normalized spacial score (nSPS) is 28.3. The number of anilines is 1. The summed E-state index contributed by atoms with van der Waals surface area (Å²) in [5, 5.41) is 0. The van der Waals surface area contributed by atoms with Crippen LogP contribution < -0.4 is 4.90 Å². The first kappa shape index (κ1) is 19.7. The molecule has 0 N–H and O–H groups in total. The summed E-state index contributed by atoms with van der Waals surface area (Å²) < 4.78 is 43.4. The van der Waals surface area contributed by atoms with Gasteiger partial charge in [-0.05, 0) is 43.4 Å². The van der Waals surface area contributed by atoms with E-state index in [2.05, 4.69) is 0 Å². The first-order valence-corrected chi connectivity index (χ1v) is 9.54. The second kappa shape index (κ2) is 6.74. The number of amides is 2. The molecule has 0 radical (unpaired) electrons. The molecule has 3 fully saturated rings. The fraction of sp³-hybridized carbons (Fsp3) is 0.550. The molecule has 29 heavy (non-hydrogen) atoms. The third-order valence-electron chi connectivity index (χ3n) is 6.12. The van der Waals surface area contributed by atoms with E-state index in [0.29, 0.717) is 25.1 Å². The summed E-state index contributed by atoms with van der Waals surface area (Å²) in [6.07, 6.45) is -4.08. The number of likely N-dealkylation sites (tertiary alicyclic amines) is 1. The molecule has 2 aliphatic heterocycles. The SMILES string of the molecule is CC(=O)CC[C@H]1CN(c2ccc(C34CC3CN(C(=O)C(F)(F)F)C4)cc2)C(=O)O1.